The lowest BCUT2D eigenvalue weighted by Gasteiger charge is -2.28. The molecule has 0 aromatic rings. The molecule has 0 N–H and O–H groups in total. The Balaban J connectivity index is 5.41. The molecule has 0 atom stereocenters. The number of allylic oxidation sites excluding steroid dienone is 1. The minimum atomic E-state index is -4.27. The summed E-state index contributed by atoms with van der Waals surface area (Å²) in [5.74, 6) is 1.31. The molecule has 0 bridgehead atoms. The molecule has 0 unspecified atom stereocenters. The standard InChI is InChI=1S/C11H20F3NS2/c1-5-15(6-2)9(11(12,13)14)10(16-7-3)17-8-4/h5-8H2,1-4H3. The van der Waals surface area contributed by atoms with Crippen molar-refractivity contribution < 1.29 is 13.2 Å². The predicted octanol–water partition coefficient (Wildman–Crippen LogP) is 4.57. The highest BCUT2D eigenvalue weighted by atomic mass is 32.2. The van der Waals surface area contributed by atoms with Crippen LogP contribution in [0, 0.1) is 0 Å². The summed E-state index contributed by atoms with van der Waals surface area (Å²) in [7, 11) is 0. The van der Waals surface area contributed by atoms with E-state index in [4.69, 9.17) is 0 Å². The van der Waals surface area contributed by atoms with Gasteiger partial charge in [-0.3, -0.25) is 0 Å². The van der Waals surface area contributed by atoms with Crippen molar-refractivity contribution in [1.29, 1.82) is 0 Å². The first kappa shape index (κ1) is 17.0. The van der Waals surface area contributed by atoms with Gasteiger partial charge in [0.1, 0.15) is 5.70 Å². The number of hydrogen-bond acceptors (Lipinski definition) is 3. The number of thioether (sulfide) groups is 2. The molecule has 102 valence electrons. The number of hydrogen-bond donors (Lipinski definition) is 0. The molecule has 0 saturated heterocycles. The maximum Gasteiger partial charge on any atom is 0.432 e. The average Bonchev–Trinajstić information content (AvgIpc) is 2.24. The van der Waals surface area contributed by atoms with Crippen LogP contribution in [0.15, 0.2) is 9.93 Å². The first-order valence-corrected chi connectivity index (χ1v) is 7.71. The van der Waals surface area contributed by atoms with Gasteiger partial charge in [-0.25, -0.2) is 0 Å². The van der Waals surface area contributed by atoms with E-state index in [1.807, 2.05) is 13.8 Å². The van der Waals surface area contributed by atoms with Crippen molar-refractivity contribution in [3.8, 4) is 0 Å². The summed E-state index contributed by atoms with van der Waals surface area (Å²) in [6.45, 7) is 8.00. The van der Waals surface area contributed by atoms with Crippen LogP contribution in [-0.4, -0.2) is 35.7 Å². The van der Waals surface area contributed by atoms with Crippen LogP contribution in [0.2, 0.25) is 0 Å². The smallest absolute Gasteiger partial charge is 0.367 e. The normalized spacial score (nSPS) is 11.5. The molecule has 6 heteroatoms. The molecule has 1 nitrogen and oxygen atoms in total. The highest BCUT2D eigenvalue weighted by Gasteiger charge is 2.39. The van der Waals surface area contributed by atoms with Gasteiger partial charge in [-0.1, -0.05) is 13.8 Å². The molecule has 17 heavy (non-hydrogen) atoms. The Morgan fingerprint density at radius 3 is 1.59 bits per heavy atom. The summed E-state index contributed by atoms with van der Waals surface area (Å²) in [6, 6.07) is 0. The zero-order valence-corrected chi connectivity index (χ0v) is 12.4. The molecule has 0 aromatic carbocycles. The second kappa shape index (κ2) is 8.19. The van der Waals surface area contributed by atoms with Crippen LogP contribution in [0.3, 0.4) is 0 Å². The molecule has 0 aromatic heterocycles. The fourth-order valence-electron chi connectivity index (χ4n) is 1.40. The van der Waals surface area contributed by atoms with Crippen LogP contribution in [0.4, 0.5) is 13.2 Å². The van der Waals surface area contributed by atoms with Gasteiger partial charge in [-0.15, -0.1) is 23.5 Å². The highest BCUT2D eigenvalue weighted by Crippen LogP contribution is 2.40. The van der Waals surface area contributed by atoms with E-state index in [0.29, 0.717) is 28.8 Å². The Morgan fingerprint density at radius 1 is 0.941 bits per heavy atom. The van der Waals surface area contributed by atoms with Gasteiger partial charge in [0.2, 0.25) is 0 Å². The van der Waals surface area contributed by atoms with E-state index in [9.17, 15) is 13.2 Å². The van der Waals surface area contributed by atoms with Crippen molar-refractivity contribution in [3.63, 3.8) is 0 Å². The lowest BCUT2D eigenvalue weighted by Crippen LogP contribution is -2.32. The van der Waals surface area contributed by atoms with Crippen LogP contribution in [0.5, 0.6) is 0 Å². The summed E-state index contributed by atoms with van der Waals surface area (Å²) in [5.41, 5.74) is -0.471. The molecular weight excluding hydrogens is 267 g/mol. The SMILES string of the molecule is CCSC(SCC)=C(N(CC)CC)C(F)(F)F. The van der Waals surface area contributed by atoms with E-state index in [1.165, 1.54) is 28.4 Å². The third-order valence-corrected chi connectivity index (χ3v) is 4.29. The molecule has 0 radical (unpaired) electrons. The van der Waals surface area contributed by atoms with E-state index in [1.54, 1.807) is 13.8 Å². The Hall–Kier alpha value is 0.0300. The van der Waals surface area contributed by atoms with E-state index in [-0.39, 0.29) is 0 Å². The third kappa shape index (κ3) is 5.46. The summed E-state index contributed by atoms with van der Waals surface area (Å²) < 4.78 is 39.7. The molecule has 0 amide bonds. The van der Waals surface area contributed by atoms with Crippen molar-refractivity contribution in [2.24, 2.45) is 0 Å². The summed E-state index contributed by atoms with van der Waals surface area (Å²) >= 11 is 2.55. The zero-order valence-electron chi connectivity index (χ0n) is 10.7. The van der Waals surface area contributed by atoms with Gasteiger partial charge in [-0.05, 0) is 25.4 Å². The largest absolute Gasteiger partial charge is 0.432 e. The molecule has 0 aliphatic carbocycles. The quantitative estimate of drug-likeness (QED) is 0.675. The maximum absolute atomic E-state index is 13.1. The van der Waals surface area contributed by atoms with E-state index < -0.39 is 11.9 Å². The van der Waals surface area contributed by atoms with Gasteiger partial charge in [-0.2, -0.15) is 13.2 Å². The molecule has 0 fully saturated rings. The number of nitrogens with zero attached hydrogens (tertiary/aromatic N) is 1. The fraction of sp³-hybridized carbons (Fsp3) is 0.818. The third-order valence-electron chi connectivity index (χ3n) is 2.09. The molecule has 0 saturated carbocycles. The monoisotopic (exact) mass is 287 g/mol. The molecule has 0 aliphatic heterocycles. The van der Waals surface area contributed by atoms with Crippen molar-refractivity contribution in [2.75, 3.05) is 24.6 Å². The van der Waals surface area contributed by atoms with Crippen molar-refractivity contribution in [1.82, 2.24) is 4.90 Å². The van der Waals surface area contributed by atoms with Gasteiger partial charge in [0.15, 0.2) is 0 Å². The maximum atomic E-state index is 13.1. The van der Waals surface area contributed by atoms with Crippen molar-refractivity contribution >= 4 is 23.5 Å². The number of alkyl halides is 3. The molecule has 0 heterocycles. The van der Waals surface area contributed by atoms with Crippen LogP contribution in [0.1, 0.15) is 27.7 Å². The lowest BCUT2D eigenvalue weighted by molar-refractivity contribution is -0.110. The molecular formula is C11H20F3NS2. The van der Waals surface area contributed by atoms with Crippen LogP contribution in [0.25, 0.3) is 0 Å². The summed E-state index contributed by atoms with van der Waals surface area (Å²) in [5, 5.41) is 0. The highest BCUT2D eigenvalue weighted by molar-refractivity contribution is 8.22. The van der Waals surface area contributed by atoms with Crippen LogP contribution >= 0.6 is 23.5 Å². The summed E-state index contributed by atoms with van der Waals surface area (Å²) in [6.07, 6.45) is -4.27. The topological polar surface area (TPSA) is 3.24 Å². The Labute approximate surface area is 110 Å². The van der Waals surface area contributed by atoms with Gasteiger partial charge in [0, 0.05) is 13.1 Å². The average molecular weight is 287 g/mol. The van der Waals surface area contributed by atoms with E-state index in [0.717, 1.165) is 0 Å². The van der Waals surface area contributed by atoms with Crippen LogP contribution < -0.4 is 0 Å². The van der Waals surface area contributed by atoms with Gasteiger partial charge in [0.25, 0.3) is 0 Å². The first-order valence-electron chi connectivity index (χ1n) is 5.74. The fourth-order valence-corrected chi connectivity index (χ4v) is 3.73. The lowest BCUT2D eigenvalue weighted by atomic mass is 10.4. The van der Waals surface area contributed by atoms with Crippen molar-refractivity contribution in [3.05, 3.63) is 9.93 Å². The summed E-state index contributed by atoms with van der Waals surface area (Å²) in [4.78, 5) is 1.39. The predicted molar refractivity (Wildman–Crippen MR) is 72.3 cm³/mol. The molecule has 0 aliphatic rings. The van der Waals surface area contributed by atoms with Gasteiger partial charge < -0.3 is 4.90 Å². The Bertz CT molecular complexity index is 240. The Morgan fingerprint density at radius 2 is 1.35 bits per heavy atom. The number of halogens is 3. The van der Waals surface area contributed by atoms with E-state index in [2.05, 4.69) is 0 Å². The first-order chi connectivity index (χ1) is 7.92. The molecule has 0 spiro atoms. The van der Waals surface area contributed by atoms with Crippen LogP contribution in [-0.2, 0) is 0 Å². The Kier molecular flexibility index (Phi) is 8.20. The van der Waals surface area contributed by atoms with Crippen molar-refractivity contribution in [2.45, 2.75) is 33.9 Å². The number of rotatable bonds is 7. The minimum absolute atomic E-state index is 0.378. The van der Waals surface area contributed by atoms with Gasteiger partial charge in [0.05, 0.1) is 4.24 Å². The second-order valence-corrected chi connectivity index (χ2v) is 5.98. The van der Waals surface area contributed by atoms with Gasteiger partial charge >= 0.3 is 6.18 Å². The second-order valence-electron chi connectivity index (χ2n) is 3.17. The minimum Gasteiger partial charge on any atom is -0.367 e. The molecule has 0 rings (SSSR count). The zero-order chi connectivity index (χ0) is 13.5. The van der Waals surface area contributed by atoms with E-state index >= 15 is 0 Å².